The van der Waals surface area contributed by atoms with E-state index in [0.717, 1.165) is 24.8 Å². The minimum Gasteiger partial charge on any atom is -0.463 e. The van der Waals surface area contributed by atoms with Crippen molar-refractivity contribution in [3.63, 3.8) is 0 Å². The van der Waals surface area contributed by atoms with Gasteiger partial charge in [0, 0.05) is 11.8 Å². The summed E-state index contributed by atoms with van der Waals surface area (Å²) in [5.74, 6) is 1.99. The molecule has 0 radical (unpaired) electrons. The number of ether oxygens (including phenoxy) is 1. The van der Waals surface area contributed by atoms with Gasteiger partial charge in [0.15, 0.2) is 0 Å². The maximum Gasteiger partial charge on any atom is 0.332 e. The number of carbonyl (C=O) groups is 1. The molecule has 0 saturated carbocycles. The van der Waals surface area contributed by atoms with E-state index in [4.69, 9.17) is 11.2 Å². The average Bonchev–Trinajstić information content (AvgIpc) is 2.61. The first-order valence-electron chi connectivity index (χ1n) is 9.20. The Bertz CT molecular complexity index is 788. The Balaban J connectivity index is 3.36. The molecule has 0 fully saturated rings. The van der Waals surface area contributed by atoms with Crippen molar-refractivity contribution >= 4 is 16.0 Å². The summed E-state index contributed by atoms with van der Waals surface area (Å²) in [6.45, 7) is 7.42. The standard InChI is InChI=1S/C21H29NO4S/c1-6-9-10-11-19(7-2)22(18(5)16-21(23)26-8-3)27(24,25)20-14-12-17(4)13-15-20/h2,12-16,19H,6,8-11H2,1,3-5H3/b18-16+. The lowest BCUT2D eigenvalue weighted by Crippen LogP contribution is -2.38. The fourth-order valence-corrected chi connectivity index (χ4v) is 4.34. The van der Waals surface area contributed by atoms with Crippen LogP contribution in [0.3, 0.4) is 0 Å². The van der Waals surface area contributed by atoms with Gasteiger partial charge in [-0.25, -0.2) is 13.2 Å². The normalized spacial score (nSPS) is 12.9. The Morgan fingerprint density at radius 3 is 2.41 bits per heavy atom. The van der Waals surface area contributed by atoms with Crippen molar-refractivity contribution < 1.29 is 17.9 Å². The van der Waals surface area contributed by atoms with Crippen LogP contribution in [0.25, 0.3) is 0 Å². The van der Waals surface area contributed by atoms with Crippen LogP contribution in [0.5, 0.6) is 0 Å². The first-order chi connectivity index (χ1) is 12.8. The second-order valence-corrected chi connectivity index (χ2v) is 8.14. The van der Waals surface area contributed by atoms with Gasteiger partial charge in [-0.1, -0.05) is 49.8 Å². The first kappa shape index (κ1) is 22.8. The maximum absolute atomic E-state index is 13.3. The topological polar surface area (TPSA) is 63.7 Å². The molecule has 1 atom stereocenters. The zero-order chi connectivity index (χ0) is 20.4. The van der Waals surface area contributed by atoms with E-state index in [9.17, 15) is 13.2 Å². The number of carbonyl (C=O) groups excluding carboxylic acids is 1. The highest BCUT2D eigenvalue weighted by molar-refractivity contribution is 7.89. The molecule has 6 heteroatoms. The number of terminal acetylenes is 1. The SMILES string of the molecule is C#CC(CCCCC)N(/C(C)=C/C(=O)OCC)S(=O)(=O)c1ccc(C)cc1. The molecule has 0 N–H and O–H groups in total. The highest BCUT2D eigenvalue weighted by Crippen LogP contribution is 2.26. The molecule has 0 aliphatic heterocycles. The van der Waals surface area contributed by atoms with Crippen LogP contribution >= 0.6 is 0 Å². The second kappa shape index (κ2) is 10.8. The van der Waals surface area contributed by atoms with Crippen LogP contribution in [-0.2, 0) is 19.6 Å². The largest absolute Gasteiger partial charge is 0.463 e. The summed E-state index contributed by atoms with van der Waals surface area (Å²) in [6, 6.07) is 5.90. The van der Waals surface area contributed by atoms with Crippen LogP contribution in [-0.4, -0.2) is 31.3 Å². The van der Waals surface area contributed by atoms with Gasteiger partial charge in [0.25, 0.3) is 10.0 Å². The number of esters is 1. The van der Waals surface area contributed by atoms with Crippen molar-refractivity contribution in [1.29, 1.82) is 0 Å². The van der Waals surface area contributed by atoms with E-state index < -0.39 is 22.0 Å². The number of rotatable bonds is 10. The molecule has 1 aromatic rings. The quantitative estimate of drug-likeness (QED) is 0.261. The highest BCUT2D eigenvalue weighted by Gasteiger charge is 2.31. The van der Waals surface area contributed by atoms with Gasteiger partial charge >= 0.3 is 5.97 Å². The van der Waals surface area contributed by atoms with Crippen LogP contribution in [0.15, 0.2) is 40.9 Å². The summed E-state index contributed by atoms with van der Waals surface area (Å²) in [7, 11) is -3.91. The molecule has 0 bridgehead atoms. The molecule has 5 nitrogen and oxygen atoms in total. The third-order valence-corrected chi connectivity index (χ3v) is 6.02. The van der Waals surface area contributed by atoms with Crippen molar-refractivity contribution in [3.8, 4) is 12.3 Å². The minimum atomic E-state index is -3.91. The predicted octanol–water partition coefficient (Wildman–Crippen LogP) is 4.03. The van der Waals surface area contributed by atoms with Crippen LogP contribution in [0.1, 0.15) is 52.0 Å². The average molecular weight is 392 g/mol. The summed E-state index contributed by atoms with van der Waals surface area (Å²) in [4.78, 5) is 12.0. The van der Waals surface area contributed by atoms with E-state index in [1.807, 2.05) is 6.92 Å². The van der Waals surface area contributed by atoms with Gasteiger partial charge in [0.05, 0.1) is 11.5 Å². The van der Waals surface area contributed by atoms with E-state index in [0.29, 0.717) is 6.42 Å². The monoisotopic (exact) mass is 391 g/mol. The fourth-order valence-electron chi connectivity index (χ4n) is 2.70. The van der Waals surface area contributed by atoms with Gasteiger partial charge in [-0.15, -0.1) is 6.42 Å². The number of unbranched alkanes of at least 4 members (excludes halogenated alkanes) is 2. The van der Waals surface area contributed by atoms with Crippen LogP contribution in [0.4, 0.5) is 0 Å². The summed E-state index contributed by atoms with van der Waals surface area (Å²) < 4.78 is 32.7. The molecule has 0 amide bonds. The molecule has 1 aromatic carbocycles. The molecule has 0 aromatic heterocycles. The van der Waals surface area contributed by atoms with Gasteiger partial charge in [-0.3, -0.25) is 4.31 Å². The zero-order valence-corrected chi connectivity index (χ0v) is 17.4. The van der Waals surface area contributed by atoms with Gasteiger partial charge < -0.3 is 4.74 Å². The minimum absolute atomic E-state index is 0.139. The molecular formula is C21H29NO4S. The van der Waals surface area contributed by atoms with Crippen molar-refractivity contribution in [2.24, 2.45) is 0 Å². The summed E-state index contributed by atoms with van der Waals surface area (Å²) in [5, 5.41) is 0. The van der Waals surface area contributed by atoms with Gasteiger partial charge in [0.1, 0.15) is 6.04 Å². The summed E-state index contributed by atoms with van der Waals surface area (Å²) >= 11 is 0. The van der Waals surface area contributed by atoms with E-state index in [1.165, 1.54) is 10.4 Å². The van der Waals surface area contributed by atoms with E-state index in [1.54, 1.807) is 38.1 Å². The van der Waals surface area contributed by atoms with Crippen molar-refractivity contribution in [2.75, 3.05) is 6.61 Å². The lowest BCUT2D eigenvalue weighted by Gasteiger charge is -2.30. The molecule has 1 unspecified atom stereocenters. The van der Waals surface area contributed by atoms with E-state index in [2.05, 4.69) is 12.8 Å². The third kappa shape index (κ3) is 6.44. The number of hydrogen-bond acceptors (Lipinski definition) is 4. The first-order valence-corrected chi connectivity index (χ1v) is 10.6. The van der Waals surface area contributed by atoms with Crippen molar-refractivity contribution in [1.82, 2.24) is 4.31 Å². The van der Waals surface area contributed by atoms with Crippen molar-refractivity contribution in [3.05, 3.63) is 41.6 Å². The van der Waals surface area contributed by atoms with E-state index >= 15 is 0 Å². The lowest BCUT2D eigenvalue weighted by atomic mass is 10.1. The van der Waals surface area contributed by atoms with Crippen LogP contribution in [0.2, 0.25) is 0 Å². The number of aryl methyl sites for hydroxylation is 1. The summed E-state index contributed by atoms with van der Waals surface area (Å²) in [6.07, 6.45) is 10.1. The number of allylic oxidation sites excluding steroid dienone is 1. The Morgan fingerprint density at radius 1 is 1.26 bits per heavy atom. The lowest BCUT2D eigenvalue weighted by molar-refractivity contribution is -0.137. The molecule has 1 rings (SSSR count). The van der Waals surface area contributed by atoms with Gasteiger partial charge in [-0.2, -0.15) is 0 Å². The van der Waals surface area contributed by atoms with Crippen molar-refractivity contribution in [2.45, 2.75) is 64.3 Å². The Kier molecular flexibility index (Phi) is 9.10. The molecule has 148 valence electrons. The maximum atomic E-state index is 13.3. The number of benzene rings is 1. The number of hydrogen-bond donors (Lipinski definition) is 0. The molecule has 0 aliphatic carbocycles. The van der Waals surface area contributed by atoms with Crippen LogP contribution < -0.4 is 0 Å². The Labute approximate surface area is 163 Å². The summed E-state index contributed by atoms with van der Waals surface area (Å²) in [5.41, 5.74) is 1.20. The molecule has 0 aliphatic rings. The second-order valence-electron chi connectivity index (χ2n) is 6.33. The van der Waals surface area contributed by atoms with E-state index in [-0.39, 0.29) is 17.2 Å². The third-order valence-electron chi connectivity index (χ3n) is 4.10. The van der Waals surface area contributed by atoms with Gasteiger partial charge in [0.2, 0.25) is 0 Å². The fraction of sp³-hybridized carbons (Fsp3) is 0.476. The molecule has 0 saturated heterocycles. The Hall–Kier alpha value is -2.26. The van der Waals surface area contributed by atoms with Gasteiger partial charge in [-0.05, 0) is 39.3 Å². The highest BCUT2D eigenvalue weighted by atomic mass is 32.2. The molecule has 0 spiro atoms. The molecule has 27 heavy (non-hydrogen) atoms. The molecular weight excluding hydrogens is 362 g/mol. The number of sulfonamides is 1. The Morgan fingerprint density at radius 2 is 1.89 bits per heavy atom. The smallest absolute Gasteiger partial charge is 0.332 e. The molecule has 0 heterocycles. The zero-order valence-electron chi connectivity index (χ0n) is 16.6. The number of nitrogens with zero attached hydrogens (tertiary/aromatic N) is 1. The van der Waals surface area contributed by atoms with Crippen LogP contribution in [0, 0.1) is 19.3 Å². The predicted molar refractivity (Wildman–Crippen MR) is 107 cm³/mol.